The standard InChI is InChI=1S/C22H21N3O3/c26-21-14-20(16-4-2-1-3-5-16)25(15-19(21)22(27)28)18-8-6-17(7-9-18)24-12-10-23-11-13-24/h1-9,14-15,23H,10-13H2,(H,27,28). The minimum absolute atomic E-state index is 0.245. The van der Waals surface area contributed by atoms with Gasteiger partial charge >= 0.3 is 5.97 Å². The second kappa shape index (κ2) is 7.70. The molecule has 1 fully saturated rings. The molecule has 28 heavy (non-hydrogen) atoms. The third-order valence-electron chi connectivity index (χ3n) is 4.96. The summed E-state index contributed by atoms with van der Waals surface area (Å²) in [5.74, 6) is -1.23. The van der Waals surface area contributed by atoms with E-state index in [0.29, 0.717) is 5.69 Å². The van der Waals surface area contributed by atoms with E-state index in [9.17, 15) is 14.7 Å². The normalized spacial score (nSPS) is 14.1. The van der Waals surface area contributed by atoms with Crippen LogP contribution in [0, 0.1) is 0 Å². The van der Waals surface area contributed by atoms with Crippen molar-refractivity contribution in [1.82, 2.24) is 9.88 Å². The Morgan fingerprint density at radius 2 is 1.57 bits per heavy atom. The topological polar surface area (TPSA) is 74.6 Å². The number of aromatic carboxylic acids is 1. The third kappa shape index (κ3) is 3.54. The number of nitrogens with zero attached hydrogens (tertiary/aromatic N) is 2. The molecule has 0 atom stereocenters. The van der Waals surface area contributed by atoms with Gasteiger partial charge in [-0.1, -0.05) is 30.3 Å². The molecule has 2 aromatic carbocycles. The van der Waals surface area contributed by atoms with E-state index in [1.54, 1.807) is 4.57 Å². The molecule has 2 N–H and O–H groups in total. The third-order valence-corrected chi connectivity index (χ3v) is 4.96. The molecule has 1 saturated heterocycles. The summed E-state index contributed by atoms with van der Waals surface area (Å²) in [7, 11) is 0. The van der Waals surface area contributed by atoms with E-state index in [-0.39, 0.29) is 5.56 Å². The predicted molar refractivity (Wildman–Crippen MR) is 110 cm³/mol. The molecule has 1 aliphatic rings. The summed E-state index contributed by atoms with van der Waals surface area (Å²) >= 11 is 0. The first kappa shape index (κ1) is 18.0. The van der Waals surface area contributed by atoms with Crippen LogP contribution in [0.15, 0.2) is 71.7 Å². The second-order valence-electron chi connectivity index (χ2n) is 6.73. The van der Waals surface area contributed by atoms with Gasteiger partial charge in [0.05, 0.1) is 5.69 Å². The van der Waals surface area contributed by atoms with Gasteiger partial charge in [-0.25, -0.2) is 4.79 Å². The van der Waals surface area contributed by atoms with Gasteiger partial charge in [0.15, 0.2) is 5.43 Å². The van der Waals surface area contributed by atoms with Crippen molar-refractivity contribution in [3.63, 3.8) is 0 Å². The van der Waals surface area contributed by atoms with E-state index in [1.165, 1.54) is 12.3 Å². The molecule has 142 valence electrons. The fourth-order valence-electron chi connectivity index (χ4n) is 3.49. The zero-order valence-corrected chi connectivity index (χ0v) is 15.3. The zero-order valence-electron chi connectivity index (χ0n) is 15.3. The molecule has 6 nitrogen and oxygen atoms in total. The first-order valence-corrected chi connectivity index (χ1v) is 9.25. The Kier molecular flexibility index (Phi) is 4.95. The van der Waals surface area contributed by atoms with Crippen LogP contribution in [0.2, 0.25) is 0 Å². The van der Waals surface area contributed by atoms with Crippen LogP contribution < -0.4 is 15.6 Å². The van der Waals surface area contributed by atoms with E-state index in [0.717, 1.165) is 43.1 Å². The van der Waals surface area contributed by atoms with Crippen LogP contribution in [0.5, 0.6) is 0 Å². The van der Waals surface area contributed by atoms with Crippen molar-refractivity contribution in [2.24, 2.45) is 0 Å². The molecule has 1 aliphatic heterocycles. The number of rotatable bonds is 4. The number of benzene rings is 2. The maximum atomic E-state index is 12.3. The Hall–Kier alpha value is -3.38. The Balaban J connectivity index is 1.80. The van der Waals surface area contributed by atoms with Gasteiger partial charge in [-0.15, -0.1) is 0 Å². The summed E-state index contributed by atoms with van der Waals surface area (Å²) in [5.41, 5.74) is 2.70. The van der Waals surface area contributed by atoms with Gasteiger partial charge in [-0.05, 0) is 29.8 Å². The number of anilines is 1. The lowest BCUT2D eigenvalue weighted by Gasteiger charge is -2.29. The summed E-state index contributed by atoms with van der Waals surface area (Å²) in [6.45, 7) is 3.83. The molecule has 6 heteroatoms. The lowest BCUT2D eigenvalue weighted by molar-refractivity contribution is 0.0695. The van der Waals surface area contributed by atoms with Crippen LogP contribution in [-0.2, 0) is 0 Å². The molecule has 0 bridgehead atoms. The Morgan fingerprint density at radius 3 is 2.21 bits per heavy atom. The Morgan fingerprint density at radius 1 is 0.929 bits per heavy atom. The van der Waals surface area contributed by atoms with Gasteiger partial charge in [-0.3, -0.25) is 4.79 Å². The smallest absolute Gasteiger partial charge is 0.341 e. The highest BCUT2D eigenvalue weighted by Crippen LogP contribution is 2.24. The molecule has 0 radical (unpaired) electrons. The van der Waals surface area contributed by atoms with Gasteiger partial charge in [0.1, 0.15) is 5.56 Å². The predicted octanol–water partition coefficient (Wildman–Crippen LogP) is 2.61. The molecule has 2 heterocycles. The summed E-state index contributed by atoms with van der Waals surface area (Å²) < 4.78 is 1.77. The number of nitrogens with one attached hydrogen (secondary N) is 1. The molecular weight excluding hydrogens is 354 g/mol. The molecule has 1 aromatic heterocycles. The molecule has 0 amide bonds. The second-order valence-corrected chi connectivity index (χ2v) is 6.73. The minimum Gasteiger partial charge on any atom is -0.477 e. The van der Waals surface area contributed by atoms with Crippen molar-refractivity contribution in [3.05, 3.63) is 82.6 Å². The maximum Gasteiger partial charge on any atom is 0.341 e. The average molecular weight is 375 g/mol. The molecule has 0 saturated carbocycles. The first-order valence-electron chi connectivity index (χ1n) is 9.25. The van der Waals surface area contributed by atoms with Crippen LogP contribution in [0.3, 0.4) is 0 Å². The van der Waals surface area contributed by atoms with E-state index in [1.807, 2.05) is 54.6 Å². The van der Waals surface area contributed by atoms with Crippen molar-refractivity contribution >= 4 is 11.7 Å². The Labute approximate surface area is 162 Å². The quantitative estimate of drug-likeness (QED) is 0.733. The fraction of sp³-hybridized carbons (Fsp3) is 0.182. The SMILES string of the molecule is O=C(O)c1cn(-c2ccc(N3CCNCC3)cc2)c(-c2ccccc2)cc1=O. The lowest BCUT2D eigenvalue weighted by Crippen LogP contribution is -2.43. The average Bonchev–Trinajstić information content (AvgIpc) is 2.75. The van der Waals surface area contributed by atoms with Crippen molar-refractivity contribution in [3.8, 4) is 16.9 Å². The van der Waals surface area contributed by atoms with Gasteiger partial charge in [0, 0.05) is 49.8 Å². The van der Waals surface area contributed by atoms with Gasteiger partial charge in [0.2, 0.25) is 0 Å². The van der Waals surface area contributed by atoms with Crippen LogP contribution in [0.1, 0.15) is 10.4 Å². The number of piperazine rings is 1. The largest absolute Gasteiger partial charge is 0.477 e. The number of pyridine rings is 1. The summed E-state index contributed by atoms with van der Waals surface area (Å²) in [6, 6.07) is 18.9. The molecule has 3 aromatic rings. The number of carboxylic acids is 1. The van der Waals surface area contributed by atoms with Crippen molar-refractivity contribution in [2.75, 3.05) is 31.1 Å². The van der Waals surface area contributed by atoms with Crippen LogP contribution in [0.25, 0.3) is 16.9 Å². The van der Waals surface area contributed by atoms with Crippen molar-refractivity contribution in [1.29, 1.82) is 0 Å². The number of hydrogen-bond acceptors (Lipinski definition) is 4. The monoisotopic (exact) mass is 375 g/mol. The maximum absolute atomic E-state index is 12.3. The number of carbonyl (C=O) groups is 1. The van der Waals surface area contributed by atoms with E-state index < -0.39 is 11.4 Å². The highest BCUT2D eigenvalue weighted by atomic mass is 16.4. The minimum atomic E-state index is -1.23. The number of aromatic nitrogens is 1. The molecule has 0 unspecified atom stereocenters. The van der Waals surface area contributed by atoms with Gasteiger partial charge < -0.3 is 19.9 Å². The first-order chi connectivity index (χ1) is 13.6. The summed E-state index contributed by atoms with van der Waals surface area (Å²) in [4.78, 5) is 26.1. The zero-order chi connectivity index (χ0) is 19.5. The van der Waals surface area contributed by atoms with Crippen LogP contribution in [-0.4, -0.2) is 41.8 Å². The highest BCUT2D eigenvalue weighted by molar-refractivity contribution is 5.87. The van der Waals surface area contributed by atoms with Crippen molar-refractivity contribution in [2.45, 2.75) is 0 Å². The molecular formula is C22H21N3O3. The fourth-order valence-corrected chi connectivity index (χ4v) is 3.49. The summed E-state index contributed by atoms with van der Waals surface area (Å²) in [5, 5.41) is 12.7. The van der Waals surface area contributed by atoms with Gasteiger partial charge in [-0.2, -0.15) is 0 Å². The lowest BCUT2D eigenvalue weighted by atomic mass is 10.1. The van der Waals surface area contributed by atoms with Crippen LogP contribution in [0.4, 0.5) is 5.69 Å². The van der Waals surface area contributed by atoms with Crippen molar-refractivity contribution < 1.29 is 9.90 Å². The molecule has 0 aliphatic carbocycles. The van der Waals surface area contributed by atoms with E-state index >= 15 is 0 Å². The summed E-state index contributed by atoms with van der Waals surface area (Å²) in [6.07, 6.45) is 1.41. The van der Waals surface area contributed by atoms with E-state index in [2.05, 4.69) is 10.2 Å². The Bertz CT molecular complexity index is 1040. The molecule has 0 spiro atoms. The van der Waals surface area contributed by atoms with Gasteiger partial charge in [0.25, 0.3) is 0 Å². The molecule has 4 rings (SSSR count). The number of carboxylic acid groups (broad SMARTS) is 1. The highest BCUT2D eigenvalue weighted by Gasteiger charge is 2.15. The van der Waals surface area contributed by atoms with E-state index in [4.69, 9.17) is 0 Å². The number of hydrogen-bond donors (Lipinski definition) is 2. The van der Waals surface area contributed by atoms with Crippen LogP contribution >= 0.6 is 0 Å².